The van der Waals surface area contributed by atoms with Crippen LogP contribution < -0.4 is 15.4 Å². The van der Waals surface area contributed by atoms with Gasteiger partial charge in [0.1, 0.15) is 40.7 Å². The smallest absolute Gasteiger partial charge is 0.413 e. The summed E-state index contributed by atoms with van der Waals surface area (Å²) in [6.45, 7) is 11.4. The zero-order chi connectivity index (χ0) is 38.5. The number of β-lactam (4-membered cyclic amide) rings is 1. The summed E-state index contributed by atoms with van der Waals surface area (Å²) in [4.78, 5) is 76.3. The SMILES string of the molecule is COc1ccc(COC(=O)C2=C(CI)C[S+]([O-])[C@@H]3[C@H](NC(=O)/C(=N\O[C@@H](C)C(=O)OC(C)(C)C)c4csc(NC(=O)OC(C)(C)C)n4)C(=O)N23)cc1. The van der Waals surface area contributed by atoms with E-state index in [1.807, 2.05) is 22.6 Å². The second-order valence-electron chi connectivity index (χ2n) is 13.5. The molecule has 4 atom stereocenters. The molecule has 2 aliphatic heterocycles. The monoisotopic (exact) mass is 873 g/mol. The number of esters is 2. The topological polar surface area (TPSA) is 207 Å². The lowest BCUT2D eigenvalue weighted by molar-refractivity contribution is -0.167. The van der Waals surface area contributed by atoms with Crippen LogP contribution in [-0.4, -0.2) is 96.0 Å². The maximum absolute atomic E-state index is 13.8. The van der Waals surface area contributed by atoms with Gasteiger partial charge in [0.15, 0.2) is 16.9 Å². The van der Waals surface area contributed by atoms with Gasteiger partial charge in [-0.05, 0) is 77.3 Å². The van der Waals surface area contributed by atoms with Crippen LogP contribution in [0.3, 0.4) is 0 Å². The van der Waals surface area contributed by atoms with Gasteiger partial charge >= 0.3 is 18.0 Å². The number of benzene rings is 1. The Morgan fingerprint density at radius 3 is 2.37 bits per heavy atom. The summed E-state index contributed by atoms with van der Waals surface area (Å²) in [5, 5.41) is 9.28. The lowest BCUT2D eigenvalue weighted by Gasteiger charge is -2.49. The number of hydrogen-bond donors (Lipinski definition) is 2. The predicted octanol–water partition coefficient (Wildman–Crippen LogP) is 3.80. The van der Waals surface area contributed by atoms with Crippen LogP contribution in [0, 0.1) is 0 Å². The Morgan fingerprint density at radius 2 is 1.77 bits per heavy atom. The van der Waals surface area contributed by atoms with E-state index in [-0.39, 0.29) is 28.9 Å². The van der Waals surface area contributed by atoms with E-state index in [0.717, 1.165) is 16.2 Å². The number of nitrogens with zero attached hydrogens (tertiary/aromatic N) is 3. The Morgan fingerprint density at radius 1 is 1.12 bits per heavy atom. The molecule has 2 aromatic rings. The van der Waals surface area contributed by atoms with Crippen molar-refractivity contribution in [2.75, 3.05) is 22.6 Å². The molecule has 16 nitrogen and oxygen atoms in total. The number of oxime groups is 1. The van der Waals surface area contributed by atoms with Crippen LogP contribution in [0.25, 0.3) is 0 Å². The number of alkyl halides is 1. The van der Waals surface area contributed by atoms with Crippen LogP contribution in [0.5, 0.6) is 5.75 Å². The van der Waals surface area contributed by atoms with Gasteiger partial charge in [-0.25, -0.2) is 19.4 Å². The van der Waals surface area contributed by atoms with Crippen molar-refractivity contribution in [3.05, 3.63) is 52.2 Å². The van der Waals surface area contributed by atoms with E-state index in [4.69, 9.17) is 23.8 Å². The number of fused-ring (bicyclic) bond motifs is 1. The Bertz CT molecular complexity index is 1750. The molecule has 2 aliphatic rings. The second-order valence-corrected chi connectivity index (χ2v) is 16.6. The van der Waals surface area contributed by atoms with Crippen LogP contribution in [0.2, 0.25) is 0 Å². The summed E-state index contributed by atoms with van der Waals surface area (Å²) < 4.78 is 35.0. The van der Waals surface area contributed by atoms with Crippen molar-refractivity contribution in [3.8, 4) is 5.75 Å². The first-order chi connectivity index (χ1) is 24.3. The predicted molar refractivity (Wildman–Crippen MR) is 199 cm³/mol. The van der Waals surface area contributed by atoms with Crippen molar-refractivity contribution in [2.45, 2.75) is 83.8 Å². The zero-order valence-corrected chi connectivity index (χ0v) is 33.6. The third-order valence-corrected chi connectivity index (χ3v) is 10.3. The van der Waals surface area contributed by atoms with Crippen LogP contribution >= 0.6 is 33.9 Å². The molecule has 0 aliphatic carbocycles. The molecule has 1 saturated heterocycles. The Balaban J connectivity index is 1.55. The van der Waals surface area contributed by atoms with Crippen LogP contribution in [-0.2, 0) is 56.0 Å². The van der Waals surface area contributed by atoms with Crippen molar-refractivity contribution in [3.63, 3.8) is 0 Å². The standard InChI is InChI=1S/C33H40IN5O11S2/c1-17(28(42)48-32(2,3)4)50-38-22(21-15-51-30(35-21)37-31(44)49-33(5,6)7)25(40)36-23-26(41)39-24(19(13-34)16-52(45)27(23)39)29(43)47-14-18-9-11-20(46-8)12-10-18/h9-12,15,17,23,27H,13-14,16H2,1-8H3,(H,36,40)(H,35,37,44)/b38-22-/t17-,23+,27+,52?/m0/s1. The Hall–Kier alpha value is -3.95. The van der Waals surface area contributed by atoms with Crippen molar-refractivity contribution < 1.29 is 52.3 Å². The number of nitrogens with one attached hydrogen (secondary N) is 2. The maximum atomic E-state index is 13.8. The quantitative estimate of drug-likeness (QED) is 0.0457. The highest BCUT2D eigenvalue weighted by Crippen LogP contribution is 2.38. The Kier molecular flexibility index (Phi) is 13.2. The molecule has 1 aromatic heterocycles. The minimum absolute atomic E-state index is 0.0243. The largest absolute Gasteiger partial charge is 0.614 e. The van der Waals surface area contributed by atoms with Crippen LogP contribution in [0.4, 0.5) is 9.93 Å². The molecule has 1 fully saturated rings. The molecular weight excluding hydrogens is 833 g/mol. The number of aromatic nitrogens is 1. The van der Waals surface area contributed by atoms with E-state index in [2.05, 4.69) is 20.8 Å². The molecule has 282 valence electrons. The highest BCUT2D eigenvalue weighted by molar-refractivity contribution is 14.1. The van der Waals surface area contributed by atoms with E-state index in [9.17, 15) is 28.5 Å². The lowest BCUT2D eigenvalue weighted by Crippen LogP contribution is -2.75. The molecule has 1 aromatic carbocycles. The third kappa shape index (κ3) is 10.3. The molecular formula is C33H40IN5O11S2. The van der Waals surface area contributed by atoms with Gasteiger partial charge in [0.2, 0.25) is 11.5 Å². The van der Waals surface area contributed by atoms with Crippen molar-refractivity contribution in [1.82, 2.24) is 15.2 Å². The summed E-state index contributed by atoms with van der Waals surface area (Å²) in [5.41, 5.74) is -1.02. The van der Waals surface area contributed by atoms with E-state index in [1.165, 1.54) is 19.4 Å². The number of rotatable bonds is 12. The summed E-state index contributed by atoms with van der Waals surface area (Å²) >= 11 is 1.26. The van der Waals surface area contributed by atoms with E-state index >= 15 is 0 Å². The molecule has 3 heterocycles. The fourth-order valence-corrected chi connectivity index (χ4v) is 8.05. The fraction of sp³-hybridized carbons (Fsp3) is 0.485. The first-order valence-corrected chi connectivity index (χ1v) is 19.6. The summed E-state index contributed by atoms with van der Waals surface area (Å²) in [6.07, 6.45) is -2.04. The van der Waals surface area contributed by atoms with Crippen LogP contribution in [0.1, 0.15) is 59.7 Å². The van der Waals surface area contributed by atoms with Gasteiger partial charge in [-0.15, -0.1) is 11.3 Å². The average Bonchev–Trinajstić information content (AvgIpc) is 3.51. The number of thiazole rings is 1. The molecule has 3 amide bonds. The molecule has 4 rings (SSSR count). The van der Waals surface area contributed by atoms with E-state index in [1.54, 1.807) is 65.8 Å². The van der Waals surface area contributed by atoms with Gasteiger partial charge in [-0.1, -0.05) is 39.9 Å². The molecule has 2 N–H and O–H groups in total. The lowest BCUT2D eigenvalue weighted by atomic mass is 10.0. The fourth-order valence-electron chi connectivity index (χ4n) is 4.69. The maximum Gasteiger partial charge on any atom is 0.413 e. The number of ether oxygens (including phenoxy) is 4. The Labute approximate surface area is 321 Å². The van der Waals surface area contributed by atoms with Gasteiger partial charge < -0.3 is 33.7 Å². The van der Waals surface area contributed by atoms with Crippen LogP contribution in [0.15, 0.2) is 46.1 Å². The van der Waals surface area contributed by atoms with Crippen molar-refractivity contribution in [1.29, 1.82) is 0 Å². The van der Waals surface area contributed by atoms with Gasteiger partial charge in [-0.2, -0.15) is 0 Å². The number of halogens is 1. The van der Waals surface area contributed by atoms with Gasteiger partial charge in [0.25, 0.3) is 11.8 Å². The van der Waals surface area contributed by atoms with Gasteiger partial charge in [-0.3, -0.25) is 19.8 Å². The molecule has 0 bridgehead atoms. The molecule has 0 saturated carbocycles. The number of anilines is 1. The van der Waals surface area contributed by atoms with Crippen molar-refractivity contribution in [2.24, 2.45) is 5.16 Å². The van der Waals surface area contributed by atoms with E-state index in [0.29, 0.717) is 21.3 Å². The summed E-state index contributed by atoms with van der Waals surface area (Å²) in [5.74, 6) is -2.59. The van der Waals surface area contributed by atoms with Gasteiger partial charge in [0, 0.05) is 15.4 Å². The first-order valence-electron chi connectivity index (χ1n) is 15.8. The first kappa shape index (κ1) is 40.8. The van der Waals surface area contributed by atoms with Gasteiger partial charge in [0.05, 0.1) is 7.11 Å². The number of carbonyl (C=O) groups is 5. The molecule has 0 spiro atoms. The number of methoxy groups -OCH3 is 1. The highest BCUT2D eigenvalue weighted by Gasteiger charge is 2.61. The minimum Gasteiger partial charge on any atom is -0.614 e. The van der Waals surface area contributed by atoms with Crippen molar-refractivity contribution >= 4 is 85.8 Å². The second kappa shape index (κ2) is 16.8. The molecule has 0 radical (unpaired) electrons. The highest BCUT2D eigenvalue weighted by atomic mass is 127. The minimum atomic E-state index is -1.70. The zero-order valence-electron chi connectivity index (χ0n) is 29.8. The molecule has 19 heteroatoms. The number of hydrogen-bond acceptors (Lipinski definition) is 14. The third-order valence-electron chi connectivity index (χ3n) is 6.99. The number of amides is 3. The normalized spacial score (nSPS) is 19.5. The summed E-state index contributed by atoms with van der Waals surface area (Å²) in [6, 6.07) is 5.58. The molecule has 1 unspecified atom stereocenters. The molecule has 52 heavy (non-hydrogen) atoms. The number of carbonyl (C=O) groups excluding carboxylic acids is 5. The summed E-state index contributed by atoms with van der Waals surface area (Å²) in [7, 11) is 1.53. The average molecular weight is 874 g/mol. The van der Waals surface area contributed by atoms with E-state index < -0.39 is 75.5 Å².